The smallest absolute Gasteiger partial charge is 0.140 e. The number of aromatic nitrogens is 3. The molecule has 0 bridgehead atoms. The molecule has 0 saturated heterocycles. The quantitative estimate of drug-likeness (QED) is 0.533. The van der Waals surface area contributed by atoms with E-state index in [1.54, 1.807) is 11.0 Å². The van der Waals surface area contributed by atoms with Gasteiger partial charge in [0.1, 0.15) is 12.2 Å². The molecule has 0 unspecified atom stereocenters. The van der Waals surface area contributed by atoms with E-state index in [2.05, 4.69) is 27.2 Å². The molecule has 13 heavy (non-hydrogen) atoms. The highest BCUT2D eigenvalue weighted by Gasteiger charge is 1.97. The van der Waals surface area contributed by atoms with E-state index in [-0.39, 0.29) is 0 Å². The van der Waals surface area contributed by atoms with E-state index in [1.807, 2.05) is 14.0 Å². The Morgan fingerprint density at radius 2 is 2.46 bits per heavy atom. The van der Waals surface area contributed by atoms with E-state index < -0.39 is 0 Å². The Bertz CT molecular complexity index is 305. The van der Waals surface area contributed by atoms with Gasteiger partial charge in [-0.05, 0) is 6.92 Å². The summed E-state index contributed by atoms with van der Waals surface area (Å²) in [6, 6.07) is 0. The van der Waals surface area contributed by atoms with Gasteiger partial charge in [-0.3, -0.25) is 4.68 Å². The molecule has 0 atom stereocenters. The third-order valence-electron chi connectivity index (χ3n) is 1.69. The zero-order valence-corrected chi connectivity index (χ0v) is 8.04. The van der Waals surface area contributed by atoms with Crippen LogP contribution in [0.25, 0.3) is 0 Å². The van der Waals surface area contributed by atoms with E-state index in [0.29, 0.717) is 0 Å². The summed E-state index contributed by atoms with van der Waals surface area (Å²) in [5, 5.41) is 7.21. The second-order valence-electron chi connectivity index (χ2n) is 2.65. The minimum atomic E-state index is 0.752. The number of nitrogens with one attached hydrogen (secondary N) is 1. The molecule has 0 aromatic carbocycles. The maximum Gasteiger partial charge on any atom is 0.140 e. The Balaban J connectivity index is 2.19. The Hall–Kier alpha value is -1.34. The number of hydrogen-bond acceptors (Lipinski definition) is 3. The lowest BCUT2D eigenvalue weighted by Gasteiger charge is -2.00. The molecule has 0 amide bonds. The predicted octanol–water partition coefficient (Wildman–Crippen LogP) is 0.318. The van der Waals surface area contributed by atoms with Gasteiger partial charge in [0.25, 0.3) is 0 Å². The zero-order valence-electron chi connectivity index (χ0n) is 8.04. The van der Waals surface area contributed by atoms with E-state index in [1.165, 1.54) is 0 Å². The van der Waals surface area contributed by atoms with Crippen LogP contribution in [0, 0.1) is 11.8 Å². The highest BCUT2D eigenvalue weighted by Crippen LogP contribution is 1.88. The molecule has 0 aliphatic rings. The molecule has 0 saturated carbocycles. The highest BCUT2D eigenvalue weighted by molar-refractivity contribution is 4.95. The van der Waals surface area contributed by atoms with Crippen molar-refractivity contribution < 1.29 is 0 Å². The zero-order chi connectivity index (χ0) is 9.52. The number of hydrogen-bond donors (Lipinski definition) is 1. The van der Waals surface area contributed by atoms with Crippen LogP contribution in [0.1, 0.15) is 19.2 Å². The third kappa shape index (κ3) is 3.26. The Morgan fingerprint density at radius 3 is 3.08 bits per heavy atom. The molecule has 4 nitrogen and oxygen atoms in total. The van der Waals surface area contributed by atoms with Gasteiger partial charge in [0.15, 0.2) is 0 Å². The van der Waals surface area contributed by atoms with Gasteiger partial charge in [-0.15, -0.1) is 11.8 Å². The molecular formula is C9H14N4. The molecule has 1 N–H and O–H groups in total. The average molecular weight is 178 g/mol. The maximum absolute atomic E-state index is 4.09. The van der Waals surface area contributed by atoms with Crippen molar-refractivity contribution in [1.29, 1.82) is 0 Å². The summed E-state index contributed by atoms with van der Waals surface area (Å²) in [4.78, 5) is 4.09. The lowest BCUT2D eigenvalue weighted by atomic mass is 10.4. The van der Waals surface area contributed by atoms with Crippen LogP contribution >= 0.6 is 0 Å². The van der Waals surface area contributed by atoms with E-state index in [9.17, 15) is 0 Å². The Labute approximate surface area is 78.4 Å². The minimum absolute atomic E-state index is 0.752. The number of aryl methyl sites for hydroxylation is 1. The standard InChI is InChI=1S/C9H14N4/c1-3-4-5-6-10-7-9-11-8-12-13(9)2/h8,10H,5-7H2,1-2H3. The van der Waals surface area contributed by atoms with Crippen LogP contribution in [0.4, 0.5) is 0 Å². The van der Waals surface area contributed by atoms with Crippen molar-refractivity contribution in [2.45, 2.75) is 19.9 Å². The van der Waals surface area contributed by atoms with Crippen LogP contribution in [0.5, 0.6) is 0 Å². The van der Waals surface area contributed by atoms with Gasteiger partial charge in [0, 0.05) is 20.0 Å². The normalized spacial score (nSPS) is 9.38. The van der Waals surface area contributed by atoms with Gasteiger partial charge in [-0.25, -0.2) is 4.98 Å². The van der Waals surface area contributed by atoms with Gasteiger partial charge in [-0.1, -0.05) is 0 Å². The first-order valence-electron chi connectivity index (χ1n) is 4.28. The van der Waals surface area contributed by atoms with Crippen LogP contribution < -0.4 is 5.32 Å². The van der Waals surface area contributed by atoms with Crippen LogP contribution in [-0.2, 0) is 13.6 Å². The summed E-state index contributed by atoms with van der Waals surface area (Å²) in [5.41, 5.74) is 0. The molecule has 4 heteroatoms. The van der Waals surface area contributed by atoms with Crippen LogP contribution in [-0.4, -0.2) is 21.3 Å². The first-order valence-corrected chi connectivity index (χ1v) is 4.28. The molecule has 1 aromatic rings. The molecule has 1 rings (SSSR count). The first kappa shape index (κ1) is 9.75. The molecule has 0 aliphatic heterocycles. The fourth-order valence-electron chi connectivity index (χ4n) is 0.956. The molecule has 70 valence electrons. The second-order valence-corrected chi connectivity index (χ2v) is 2.65. The fraction of sp³-hybridized carbons (Fsp3) is 0.556. The van der Waals surface area contributed by atoms with Crippen LogP contribution in [0.15, 0.2) is 6.33 Å². The first-order chi connectivity index (χ1) is 6.34. The lowest BCUT2D eigenvalue weighted by molar-refractivity contribution is 0.620. The topological polar surface area (TPSA) is 42.7 Å². The molecule has 0 aliphatic carbocycles. The van der Waals surface area contributed by atoms with Gasteiger partial charge in [0.2, 0.25) is 0 Å². The van der Waals surface area contributed by atoms with Crippen molar-refractivity contribution >= 4 is 0 Å². The van der Waals surface area contributed by atoms with Crippen molar-refractivity contribution in [2.24, 2.45) is 7.05 Å². The van der Waals surface area contributed by atoms with E-state index >= 15 is 0 Å². The summed E-state index contributed by atoms with van der Waals surface area (Å²) in [5.74, 6) is 6.79. The van der Waals surface area contributed by atoms with Crippen molar-refractivity contribution in [3.05, 3.63) is 12.2 Å². The molecule has 1 heterocycles. The van der Waals surface area contributed by atoms with Crippen LogP contribution in [0.3, 0.4) is 0 Å². The minimum Gasteiger partial charge on any atom is -0.309 e. The van der Waals surface area contributed by atoms with Crippen molar-refractivity contribution in [1.82, 2.24) is 20.1 Å². The Kier molecular flexibility index (Phi) is 4.00. The maximum atomic E-state index is 4.09. The van der Waals surface area contributed by atoms with Gasteiger partial charge in [-0.2, -0.15) is 5.10 Å². The summed E-state index contributed by atoms with van der Waals surface area (Å²) in [6.07, 6.45) is 2.44. The second kappa shape index (κ2) is 5.33. The van der Waals surface area contributed by atoms with Gasteiger partial charge < -0.3 is 5.32 Å². The molecule has 0 spiro atoms. The summed E-state index contributed by atoms with van der Waals surface area (Å²) in [7, 11) is 1.88. The predicted molar refractivity (Wildman–Crippen MR) is 50.8 cm³/mol. The number of rotatable bonds is 4. The summed E-state index contributed by atoms with van der Waals surface area (Å²) < 4.78 is 1.76. The lowest BCUT2D eigenvalue weighted by Crippen LogP contribution is -2.17. The Morgan fingerprint density at radius 1 is 1.62 bits per heavy atom. The average Bonchev–Trinajstić information content (AvgIpc) is 2.52. The third-order valence-corrected chi connectivity index (χ3v) is 1.69. The number of nitrogens with zero attached hydrogens (tertiary/aromatic N) is 3. The largest absolute Gasteiger partial charge is 0.309 e. The van der Waals surface area contributed by atoms with Crippen molar-refractivity contribution in [3.8, 4) is 11.8 Å². The molecule has 1 aromatic heterocycles. The molecular weight excluding hydrogens is 164 g/mol. The van der Waals surface area contributed by atoms with Gasteiger partial charge >= 0.3 is 0 Å². The van der Waals surface area contributed by atoms with Crippen molar-refractivity contribution in [2.75, 3.05) is 6.54 Å². The molecule has 0 radical (unpaired) electrons. The van der Waals surface area contributed by atoms with E-state index in [4.69, 9.17) is 0 Å². The monoisotopic (exact) mass is 178 g/mol. The highest BCUT2D eigenvalue weighted by atomic mass is 15.3. The van der Waals surface area contributed by atoms with Crippen LogP contribution in [0.2, 0.25) is 0 Å². The van der Waals surface area contributed by atoms with Gasteiger partial charge in [0.05, 0.1) is 6.54 Å². The van der Waals surface area contributed by atoms with E-state index in [0.717, 1.165) is 25.3 Å². The van der Waals surface area contributed by atoms with Crippen molar-refractivity contribution in [3.63, 3.8) is 0 Å². The SMILES string of the molecule is CC#CCCNCc1ncnn1C. The molecule has 0 fully saturated rings. The summed E-state index contributed by atoms with van der Waals surface area (Å²) >= 11 is 0. The fourth-order valence-corrected chi connectivity index (χ4v) is 0.956. The summed E-state index contributed by atoms with van der Waals surface area (Å²) in [6.45, 7) is 3.50.